The van der Waals surface area contributed by atoms with Crippen molar-refractivity contribution in [3.8, 4) is 0 Å². The van der Waals surface area contributed by atoms with E-state index in [1.807, 2.05) is 0 Å². The average molecular weight is 233 g/mol. The van der Waals surface area contributed by atoms with Crippen molar-refractivity contribution in [1.82, 2.24) is 15.5 Å². The Morgan fingerprint density at radius 3 is 2.82 bits per heavy atom. The summed E-state index contributed by atoms with van der Waals surface area (Å²) in [5, 5.41) is 7.50. The van der Waals surface area contributed by atoms with Crippen LogP contribution >= 0.6 is 0 Å². The van der Waals surface area contributed by atoms with Gasteiger partial charge in [-0.1, -0.05) is 11.6 Å². The lowest BCUT2D eigenvalue weighted by Gasteiger charge is -2.25. The smallest absolute Gasteiger partial charge is 0.227 e. The second-order valence-corrected chi connectivity index (χ2v) is 6.06. The number of aromatic nitrogens is 2. The Bertz CT molecular complexity index is 413. The van der Waals surface area contributed by atoms with Crippen LogP contribution < -0.4 is 5.32 Å². The third-order valence-corrected chi connectivity index (χ3v) is 4.88. The van der Waals surface area contributed by atoms with Crippen molar-refractivity contribution >= 4 is 0 Å². The molecule has 2 heterocycles. The second kappa shape index (κ2) is 3.80. The number of fused-ring (bicyclic) bond motifs is 2. The van der Waals surface area contributed by atoms with Crippen molar-refractivity contribution in [2.45, 2.75) is 38.0 Å². The van der Waals surface area contributed by atoms with Crippen molar-refractivity contribution in [3.63, 3.8) is 0 Å². The number of hydrogen-bond acceptors (Lipinski definition) is 4. The van der Waals surface area contributed by atoms with E-state index in [1.54, 1.807) is 0 Å². The topological polar surface area (TPSA) is 51.0 Å². The van der Waals surface area contributed by atoms with Gasteiger partial charge < -0.3 is 9.84 Å². The molecule has 1 saturated heterocycles. The van der Waals surface area contributed by atoms with Gasteiger partial charge in [0.15, 0.2) is 5.82 Å². The van der Waals surface area contributed by atoms with E-state index in [1.165, 1.54) is 25.7 Å². The zero-order valence-corrected chi connectivity index (χ0v) is 10.1. The highest BCUT2D eigenvalue weighted by Crippen LogP contribution is 2.52. The molecule has 92 valence electrons. The molecule has 4 heteroatoms. The molecule has 17 heavy (non-hydrogen) atoms. The number of nitrogens with zero attached hydrogens (tertiary/aromatic N) is 2. The lowest BCUT2D eigenvalue weighted by atomic mass is 9.88. The third-order valence-electron chi connectivity index (χ3n) is 4.88. The van der Waals surface area contributed by atoms with Crippen LogP contribution in [0.4, 0.5) is 0 Å². The molecule has 3 aliphatic rings. The maximum Gasteiger partial charge on any atom is 0.227 e. The quantitative estimate of drug-likeness (QED) is 0.864. The minimum Gasteiger partial charge on any atom is -0.339 e. The Morgan fingerprint density at radius 1 is 1.24 bits per heavy atom. The Labute approximate surface area is 101 Å². The molecule has 0 aromatic carbocycles. The first-order valence-corrected chi connectivity index (χ1v) is 6.91. The first kappa shape index (κ1) is 10.1. The van der Waals surface area contributed by atoms with E-state index in [-0.39, 0.29) is 0 Å². The van der Waals surface area contributed by atoms with E-state index in [9.17, 15) is 0 Å². The van der Waals surface area contributed by atoms with Crippen molar-refractivity contribution in [2.75, 3.05) is 13.1 Å². The molecule has 1 N–H and O–H groups in total. The molecule has 3 fully saturated rings. The summed E-state index contributed by atoms with van der Waals surface area (Å²) in [4.78, 5) is 4.63. The van der Waals surface area contributed by atoms with Gasteiger partial charge in [-0.15, -0.1) is 0 Å². The van der Waals surface area contributed by atoms with Crippen LogP contribution in [0.25, 0.3) is 0 Å². The Hall–Kier alpha value is -0.900. The van der Waals surface area contributed by atoms with Crippen molar-refractivity contribution in [2.24, 2.45) is 17.8 Å². The Balaban J connectivity index is 1.47. The molecular formula is C13H19N3O. The van der Waals surface area contributed by atoms with Crippen LogP contribution in [-0.4, -0.2) is 23.2 Å². The molecule has 2 bridgehead atoms. The van der Waals surface area contributed by atoms with Gasteiger partial charge in [0.2, 0.25) is 5.89 Å². The predicted molar refractivity (Wildman–Crippen MR) is 62.6 cm³/mol. The summed E-state index contributed by atoms with van der Waals surface area (Å²) in [6.07, 6.45) is 6.47. The molecule has 3 atom stereocenters. The van der Waals surface area contributed by atoms with Crippen LogP contribution in [0.3, 0.4) is 0 Å². The molecule has 0 spiro atoms. The third kappa shape index (κ3) is 1.69. The zero-order valence-electron chi connectivity index (χ0n) is 10.1. The number of hydrogen-bond donors (Lipinski definition) is 1. The standard InChI is InChI=1S/C13H19N3O/c1-2-10-3-8(1)4-11(10)13-15-12(17-16-13)5-9-6-14-7-9/h8-11,14H,1-7H2. The van der Waals surface area contributed by atoms with E-state index < -0.39 is 0 Å². The lowest BCUT2D eigenvalue weighted by molar-refractivity contribution is 0.293. The van der Waals surface area contributed by atoms with Gasteiger partial charge in [-0.3, -0.25) is 0 Å². The highest BCUT2D eigenvalue weighted by atomic mass is 16.5. The minimum absolute atomic E-state index is 0.603. The van der Waals surface area contributed by atoms with Gasteiger partial charge in [-0.05, 0) is 50.1 Å². The van der Waals surface area contributed by atoms with E-state index in [0.29, 0.717) is 11.8 Å². The second-order valence-electron chi connectivity index (χ2n) is 6.06. The zero-order chi connectivity index (χ0) is 11.2. The fourth-order valence-corrected chi connectivity index (χ4v) is 3.80. The van der Waals surface area contributed by atoms with Crippen molar-refractivity contribution in [3.05, 3.63) is 11.7 Å². The lowest BCUT2D eigenvalue weighted by Crippen LogP contribution is -2.43. The van der Waals surface area contributed by atoms with Crippen molar-refractivity contribution < 1.29 is 4.52 Å². The summed E-state index contributed by atoms with van der Waals surface area (Å²) in [5.74, 6) is 4.96. The molecule has 1 aromatic heterocycles. The first-order valence-electron chi connectivity index (χ1n) is 6.91. The van der Waals surface area contributed by atoms with E-state index >= 15 is 0 Å². The van der Waals surface area contributed by atoms with Gasteiger partial charge in [0.25, 0.3) is 0 Å². The van der Waals surface area contributed by atoms with Crippen LogP contribution in [0.5, 0.6) is 0 Å². The summed E-state index contributed by atoms with van der Waals surface area (Å²) in [5.41, 5.74) is 0. The fraction of sp³-hybridized carbons (Fsp3) is 0.846. The molecule has 4 rings (SSSR count). The van der Waals surface area contributed by atoms with Crippen LogP contribution in [0.2, 0.25) is 0 Å². The molecule has 2 saturated carbocycles. The van der Waals surface area contributed by atoms with Crippen LogP contribution in [-0.2, 0) is 6.42 Å². The number of rotatable bonds is 3. The van der Waals surface area contributed by atoms with Gasteiger partial charge >= 0.3 is 0 Å². The minimum atomic E-state index is 0.603. The summed E-state index contributed by atoms with van der Waals surface area (Å²) < 4.78 is 5.40. The van der Waals surface area contributed by atoms with Crippen LogP contribution in [0, 0.1) is 17.8 Å². The van der Waals surface area contributed by atoms with Crippen LogP contribution in [0.1, 0.15) is 43.3 Å². The van der Waals surface area contributed by atoms with E-state index in [2.05, 4.69) is 15.5 Å². The molecular weight excluding hydrogens is 214 g/mol. The molecule has 4 nitrogen and oxygen atoms in total. The van der Waals surface area contributed by atoms with Gasteiger partial charge in [0.05, 0.1) is 0 Å². The van der Waals surface area contributed by atoms with E-state index in [0.717, 1.165) is 43.1 Å². The van der Waals surface area contributed by atoms with Gasteiger partial charge in [0.1, 0.15) is 0 Å². The summed E-state index contributed by atoms with van der Waals surface area (Å²) in [7, 11) is 0. The van der Waals surface area contributed by atoms with E-state index in [4.69, 9.17) is 4.52 Å². The first-order chi connectivity index (χ1) is 8.38. The summed E-state index contributed by atoms with van der Waals surface area (Å²) in [6, 6.07) is 0. The molecule has 3 unspecified atom stereocenters. The van der Waals surface area contributed by atoms with Gasteiger partial charge in [-0.2, -0.15) is 4.98 Å². The maximum absolute atomic E-state index is 5.40. The predicted octanol–water partition coefficient (Wildman–Crippen LogP) is 1.74. The molecule has 1 aliphatic heterocycles. The largest absolute Gasteiger partial charge is 0.339 e. The summed E-state index contributed by atoms with van der Waals surface area (Å²) >= 11 is 0. The molecule has 0 radical (unpaired) electrons. The van der Waals surface area contributed by atoms with Gasteiger partial charge in [0, 0.05) is 12.3 Å². The maximum atomic E-state index is 5.40. The fourth-order valence-electron chi connectivity index (χ4n) is 3.80. The SMILES string of the molecule is C1CC2CC1CC2c1noc(CC2CNC2)n1. The normalized spacial score (nSPS) is 36.4. The molecule has 2 aliphatic carbocycles. The van der Waals surface area contributed by atoms with Crippen LogP contribution in [0.15, 0.2) is 4.52 Å². The Morgan fingerprint density at radius 2 is 2.18 bits per heavy atom. The van der Waals surface area contributed by atoms with Gasteiger partial charge in [-0.25, -0.2) is 0 Å². The van der Waals surface area contributed by atoms with Crippen molar-refractivity contribution in [1.29, 1.82) is 0 Å². The number of nitrogens with one attached hydrogen (secondary N) is 1. The highest BCUT2D eigenvalue weighted by Gasteiger charge is 2.42. The highest BCUT2D eigenvalue weighted by molar-refractivity contribution is 5.06. The monoisotopic (exact) mass is 233 g/mol. The molecule has 0 amide bonds. The Kier molecular flexibility index (Phi) is 2.25. The molecule has 1 aromatic rings. The average Bonchev–Trinajstić information content (AvgIpc) is 2.98. The summed E-state index contributed by atoms with van der Waals surface area (Å²) in [6.45, 7) is 2.21.